The Hall–Kier alpha value is -1.43. The Labute approximate surface area is 93.8 Å². The molecule has 0 spiro atoms. The third-order valence-electron chi connectivity index (χ3n) is 3.11. The quantitative estimate of drug-likeness (QED) is 0.617. The van der Waals surface area contributed by atoms with Gasteiger partial charge in [-0.3, -0.25) is 0 Å². The minimum Gasteiger partial charge on any atom is -0.358 e. The number of nitrogens with zero attached hydrogens (tertiary/aromatic N) is 3. The molecule has 1 aliphatic heterocycles. The molecule has 0 saturated carbocycles. The van der Waals surface area contributed by atoms with Crippen LogP contribution in [-0.2, 0) is 6.54 Å². The number of aromatic nitrogens is 2. The summed E-state index contributed by atoms with van der Waals surface area (Å²) in [5.74, 6) is 0.310. The van der Waals surface area contributed by atoms with E-state index in [1.807, 2.05) is 11.6 Å². The van der Waals surface area contributed by atoms with E-state index in [1.165, 1.54) is 0 Å². The van der Waals surface area contributed by atoms with Crippen molar-refractivity contribution in [2.75, 3.05) is 13.6 Å². The molecule has 1 atom stereocenters. The third kappa shape index (κ3) is 1.92. The molecule has 6 nitrogen and oxygen atoms in total. The first-order valence-electron chi connectivity index (χ1n) is 5.58. The monoisotopic (exact) mass is 224 g/mol. The number of aryl methyl sites for hydroxylation is 1. The lowest BCUT2D eigenvalue weighted by molar-refractivity contribution is -0.390. The van der Waals surface area contributed by atoms with Crippen LogP contribution in [0.1, 0.15) is 30.9 Å². The topological polar surface area (TPSA) is 73.0 Å². The number of imidazole rings is 1. The summed E-state index contributed by atoms with van der Waals surface area (Å²) in [7, 11) is 1.90. The maximum absolute atomic E-state index is 10.9. The Balaban J connectivity index is 2.27. The van der Waals surface area contributed by atoms with Gasteiger partial charge < -0.3 is 20.0 Å². The van der Waals surface area contributed by atoms with Gasteiger partial charge in [-0.1, -0.05) is 0 Å². The summed E-state index contributed by atoms with van der Waals surface area (Å²) in [6.45, 7) is 1.74. The molecule has 0 saturated heterocycles. The van der Waals surface area contributed by atoms with Crippen molar-refractivity contribution in [1.29, 1.82) is 0 Å². The lowest BCUT2D eigenvalue weighted by Gasteiger charge is -2.22. The molecular formula is C10H16N4O2. The highest BCUT2D eigenvalue weighted by molar-refractivity contribution is 5.31. The minimum absolute atomic E-state index is 0.0424. The van der Waals surface area contributed by atoms with Crippen molar-refractivity contribution < 1.29 is 4.92 Å². The van der Waals surface area contributed by atoms with Crippen LogP contribution in [0.4, 0.5) is 5.82 Å². The van der Waals surface area contributed by atoms with Crippen molar-refractivity contribution in [3.63, 3.8) is 0 Å². The maximum Gasteiger partial charge on any atom is 0.385 e. The van der Waals surface area contributed by atoms with Gasteiger partial charge in [0.1, 0.15) is 5.69 Å². The van der Waals surface area contributed by atoms with Crippen molar-refractivity contribution in [1.82, 2.24) is 14.9 Å². The van der Waals surface area contributed by atoms with Gasteiger partial charge in [0.25, 0.3) is 0 Å². The summed E-state index contributed by atoms with van der Waals surface area (Å²) < 4.78 is 1.93. The normalized spacial score (nSPS) is 19.4. The van der Waals surface area contributed by atoms with E-state index >= 15 is 0 Å². The van der Waals surface area contributed by atoms with Crippen molar-refractivity contribution >= 4 is 5.82 Å². The van der Waals surface area contributed by atoms with E-state index in [2.05, 4.69) is 10.3 Å². The van der Waals surface area contributed by atoms with Gasteiger partial charge in [-0.25, -0.2) is 0 Å². The first-order valence-corrected chi connectivity index (χ1v) is 5.58. The molecule has 0 bridgehead atoms. The highest BCUT2D eigenvalue weighted by Crippen LogP contribution is 2.35. The predicted octanol–water partition coefficient (Wildman–Crippen LogP) is 1.28. The van der Waals surface area contributed by atoms with Crippen molar-refractivity contribution in [2.45, 2.75) is 31.7 Å². The number of nitrogens with one attached hydrogen (secondary N) is 1. The van der Waals surface area contributed by atoms with E-state index in [-0.39, 0.29) is 16.7 Å². The average Bonchev–Trinajstić information content (AvgIpc) is 2.70. The van der Waals surface area contributed by atoms with Crippen LogP contribution in [0.3, 0.4) is 0 Å². The van der Waals surface area contributed by atoms with Crippen LogP contribution in [0.25, 0.3) is 0 Å². The molecule has 0 radical (unpaired) electrons. The fourth-order valence-electron chi connectivity index (χ4n) is 2.36. The smallest absolute Gasteiger partial charge is 0.358 e. The van der Waals surface area contributed by atoms with Crippen LogP contribution in [0.5, 0.6) is 0 Å². The van der Waals surface area contributed by atoms with Crippen molar-refractivity contribution in [3.05, 3.63) is 22.1 Å². The van der Waals surface area contributed by atoms with Crippen LogP contribution >= 0.6 is 0 Å². The first kappa shape index (κ1) is 11.1. The Bertz CT molecular complexity index is 388. The van der Waals surface area contributed by atoms with Gasteiger partial charge in [0.05, 0.1) is 0 Å². The highest BCUT2D eigenvalue weighted by Gasteiger charge is 2.30. The molecule has 0 aromatic carbocycles. The van der Waals surface area contributed by atoms with E-state index in [4.69, 9.17) is 0 Å². The molecule has 2 heterocycles. The van der Waals surface area contributed by atoms with Gasteiger partial charge in [-0.05, 0) is 42.8 Å². The van der Waals surface area contributed by atoms with Crippen LogP contribution < -0.4 is 5.32 Å². The molecule has 16 heavy (non-hydrogen) atoms. The Morgan fingerprint density at radius 1 is 1.75 bits per heavy atom. The molecule has 0 aliphatic carbocycles. The highest BCUT2D eigenvalue weighted by atomic mass is 16.6. The molecule has 0 amide bonds. The zero-order chi connectivity index (χ0) is 11.5. The zero-order valence-corrected chi connectivity index (χ0v) is 9.35. The molecule has 88 valence electrons. The minimum atomic E-state index is -0.372. The van der Waals surface area contributed by atoms with Gasteiger partial charge in [-0.15, -0.1) is 0 Å². The van der Waals surface area contributed by atoms with E-state index < -0.39 is 0 Å². The summed E-state index contributed by atoms with van der Waals surface area (Å²) in [4.78, 5) is 14.4. The number of hydrogen-bond donors (Lipinski definition) is 1. The Morgan fingerprint density at radius 2 is 2.56 bits per heavy atom. The molecule has 1 unspecified atom stereocenters. The Kier molecular flexibility index (Phi) is 3.19. The molecule has 0 fully saturated rings. The lowest BCUT2D eigenvalue weighted by atomic mass is 9.92. The average molecular weight is 224 g/mol. The van der Waals surface area contributed by atoms with E-state index in [1.54, 1.807) is 6.33 Å². The largest absolute Gasteiger partial charge is 0.385 e. The van der Waals surface area contributed by atoms with Crippen LogP contribution in [-0.4, -0.2) is 28.1 Å². The summed E-state index contributed by atoms with van der Waals surface area (Å²) in [5, 5.41) is 14.0. The second-order valence-corrected chi connectivity index (χ2v) is 4.14. The standard InChI is InChI=1S/C10H16N4O2/c1-11-5-4-8-3-2-6-13-7-12-10(9(8)13)14(15)16/h7-8,11H,2-6H2,1H3. The third-order valence-corrected chi connectivity index (χ3v) is 3.11. The van der Waals surface area contributed by atoms with Crippen LogP contribution in [0.15, 0.2) is 6.33 Å². The lowest BCUT2D eigenvalue weighted by Crippen LogP contribution is -2.19. The van der Waals surface area contributed by atoms with Crippen molar-refractivity contribution in [3.8, 4) is 0 Å². The fourth-order valence-corrected chi connectivity index (χ4v) is 2.36. The van der Waals surface area contributed by atoms with Gasteiger partial charge in [0.15, 0.2) is 0 Å². The maximum atomic E-state index is 10.9. The Morgan fingerprint density at radius 3 is 3.25 bits per heavy atom. The molecule has 6 heteroatoms. The number of rotatable bonds is 4. The van der Waals surface area contributed by atoms with Crippen LogP contribution in [0.2, 0.25) is 0 Å². The second-order valence-electron chi connectivity index (χ2n) is 4.14. The molecular weight excluding hydrogens is 208 g/mol. The predicted molar refractivity (Wildman–Crippen MR) is 59.4 cm³/mol. The van der Waals surface area contributed by atoms with E-state index in [0.29, 0.717) is 0 Å². The summed E-state index contributed by atoms with van der Waals surface area (Å²) in [6, 6.07) is 0. The summed E-state index contributed by atoms with van der Waals surface area (Å²) in [5.41, 5.74) is 0.812. The number of fused-ring (bicyclic) bond motifs is 1. The van der Waals surface area contributed by atoms with Gasteiger partial charge in [-0.2, -0.15) is 0 Å². The SMILES string of the molecule is CNCCC1CCCn2cnc([N+](=O)[O-])c21. The first-order chi connectivity index (χ1) is 7.74. The summed E-state index contributed by atoms with van der Waals surface area (Å²) >= 11 is 0. The van der Waals surface area contributed by atoms with Gasteiger partial charge >= 0.3 is 5.82 Å². The molecule has 2 rings (SSSR count). The van der Waals surface area contributed by atoms with E-state index in [0.717, 1.165) is 38.0 Å². The number of nitro groups is 1. The molecule has 1 N–H and O–H groups in total. The zero-order valence-electron chi connectivity index (χ0n) is 9.35. The van der Waals surface area contributed by atoms with Crippen LogP contribution in [0, 0.1) is 10.1 Å². The molecule has 1 aliphatic rings. The van der Waals surface area contributed by atoms with Gasteiger partial charge in [0.2, 0.25) is 6.33 Å². The molecule has 1 aromatic heterocycles. The van der Waals surface area contributed by atoms with Gasteiger partial charge in [0, 0.05) is 12.5 Å². The summed E-state index contributed by atoms with van der Waals surface area (Å²) in [6.07, 6.45) is 4.63. The fraction of sp³-hybridized carbons (Fsp3) is 0.700. The molecule has 1 aromatic rings. The van der Waals surface area contributed by atoms with E-state index in [9.17, 15) is 10.1 Å². The number of hydrogen-bond acceptors (Lipinski definition) is 4. The second kappa shape index (κ2) is 4.61. The van der Waals surface area contributed by atoms with Crippen molar-refractivity contribution in [2.24, 2.45) is 0 Å².